The number of allylic oxidation sites excluding steroid dienone is 3. The second-order valence-corrected chi connectivity index (χ2v) is 12.7. The highest BCUT2D eigenvalue weighted by Crippen LogP contribution is 2.49. The Kier molecular flexibility index (Phi) is 7.76. The molecule has 0 amide bonds. The molecule has 0 saturated heterocycles. The van der Waals surface area contributed by atoms with Crippen LogP contribution in [0.25, 0.3) is 76.5 Å². The largest absolute Gasteiger partial charge is 0.512 e. The smallest absolute Gasteiger partial charge is 0.169 e. The summed E-state index contributed by atoms with van der Waals surface area (Å²) >= 11 is 0. The first kappa shape index (κ1) is 33.2. The molecule has 0 aliphatic heterocycles. The van der Waals surface area contributed by atoms with Crippen LogP contribution in [-0.2, 0) is 0 Å². The number of aromatic hydroxyl groups is 4. The molecule has 0 unspecified atom stereocenters. The summed E-state index contributed by atoms with van der Waals surface area (Å²) in [5.41, 5.74) is 1.37. The van der Waals surface area contributed by atoms with Crippen molar-refractivity contribution in [2.75, 3.05) is 0 Å². The van der Waals surface area contributed by atoms with E-state index in [-0.39, 0.29) is 5.57 Å². The average Bonchev–Trinajstić information content (AvgIpc) is 3.56. The maximum absolute atomic E-state index is 11.8. The molecule has 7 N–H and O–H groups in total. The predicted molar refractivity (Wildman–Crippen MR) is 211 cm³/mol. The molecule has 1 aromatic heterocycles. The minimum atomic E-state index is -1.06. The zero-order chi connectivity index (χ0) is 37.3. The number of aliphatic hydroxyl groups is 3. The Morgan fingerprint density at radius 1 is 0.585 bits per heavy atom. The summed E-state index contributed by atoms with van der Waals surface area (Å²) in [6.07, 6.45) is 0. The molecule has 4 radical (unpaired) electrons. The molecule has 0 atom stereocenters. The summed E-state index contributed by atoms with van der Waals surface area (Å²) in [6, 6.07) is 33.3. The van der Waals surface area contributed by atoms with Gasteiger partial charge in [-0.05, 0) is 74.0 Å². The lowest BCUT2D eigenvalue weighted by Crippen LogP contribution is -2.08. The van der Waals surface area contributed by atoms with Crippen LogP contribution in [0.1, 0.15) is 18.1 Å². The van der Waals surface area contributed by atoms with Crippen LogP contribution >= 0.6 is 0 Å². The van der Waals surface area contributed by atoms with Gasteiger partial charge >= 0.3 is 0 Å². The molecule has 0 fully saturated rings. The lowest BCUT2D eigenvalue weighted by molar-refractivity contribution is 0.348. The van der Waals surface area contributed by atoms with Crippen molar-refractivity contribution < 1.29 is 40.2 Å². The number of hydrogen-bond acceptors (Lipinski definition) is 8. The monoisotopic (exact) mass is 694 g/mol. The van der Waals surface area contributed by atoms with Gasteiger partial charge in [0.1, 0.15) is 32.6 Å². The molecule has 254 valence electrons. The second kappa shape index (κ2) is 12.4. The Balaban J connectivity index is 1.37. The minimum absolute atomic E-state index is 0.0670. The van der Waals surface area contributed by atoms with E-state index in [0.717, 1.165) is 61.9 Å². The number of aliphatic hydroxyl groups excluding tert-OH is 3. The van der Waals surface area contributed by atoms with Crippen LogP contribution in [0.2, 0.25) is 0 Å². The van der Waals surface area contributed by atoms with Gasteiger partial charge in [-0.25, -0.2) is 0 Å². The Morgan fingerprint density at radius 2 is 1.15 bits per heavy atom. The molecule has 8 aromatic rings. The first-order valence-corrected chi connectivity index (χ1v) is 16.5. The van der Waals surface area contributed by atoms with Crippen molar-refractivity contribution >= 4 is 86.6 Å². The molecule has 0 aliphatic carbocycles. The van der Waals surface area contributed by atoms with Gasteiger partial charge in [0.2, 0.25) is 0 Å². The van der Waals surface area contributed by atoms with E-state index in [1.165, 1.54) is 0 Å². The van der Waals surface area contributed by atoms with Crippen LogP contribution in [0.3, 0.4) is 0 Å². The molecule has 53 heavy (non-hydrogen) atoms. The van der Waals surface area contributed by atoms with Crippen molar-refractivity contribution in [2.45, 2.75) is 6.92 Å². The lowest BCUT2D eigenvalue weighted by atomic mass is 9.83. The SMILES string of the molecule is [B]/C=C(/C(O)=C(O)\C(=C(/C)O)c1c(O)c(O)c([B])c(O)c1O)c1c2ccccc2c(-c2ccc3c(c2)oc2ccc4ccccc4c23)c2ccccc12. The van der Waals surface area contributed by atoms with Gasteiger partial charge in [-0.3, -0.25) is 0 Å². The van der Waals surface area contributed by atoms with Gasteiger partial charge in [-0.2, -0.15) is 0 Å². The van der Waals surface area contributed by atoms with Gasteiger partial charge in [0.15, 0.2) is 34.5 Å². The van der Waals surface area contributed by atoms with E-state index in [0.29, 0.717) is 21.9 Å². The molecular formula is C43H28B2O8. The van der Waals surface area contributed by atoms with Crippen LogP contribution < -0.4 is 5.46 Å². The third-order valence-corrected chi connectivity index (χ3v) is 9.78. The first-order valence-electron chi connectivity index (χ1n) is 16.5. The number of furan rings is 1. The third-order valence-electron chi connectivity index (χ3n) is 9.78. The van der Waals surface area contributed by atoms with Crippen molar-refractivity contribution in [3.63, 3.8) is 0 Å². The molecule has 0 aliphatic rings. The number of phenolic OH excluding ortho intramolecular Hbond substituents is 4. The second-order valence-electron chi connectivity index (χ2n) is 12.7. The summed E-state index contributed by atoms with van der Waals surface area (Å²) < 4.78 is 6.41. The highest BCUT2D eigenvalue weighted by atomic mass is 16.3. The highest BCUT2D eigenvalue weighted by molar-refractivity contribution is 6.37. The van der Waals surface area contributed by atoms with Gasteiger partial charge < -0.3 is 40.2 Å². The fourth-order valence-electron chi connectivity index (χ4n) is 7.38. The van der Waals surface area contributed by atoms with E-state index in [1.54, 1.807) is 0 Å². The van der Waals surface area contributed by atoms with Crippen molar-refractivity contribution in [3.8, 4) is 34.1 Å². The van der Waals surface area contributed by atoms with Crippen LogP contribution in [0.5, 0.6) is 23.0 Å². The van der Waals surface area contributed by atoms with Crippen LogP contribution in [0, 0.1) is 0 Å². The van der Waals surface area contributed by atoms with E-state index in [2.05, 4.69) is 18.2 Å². The van der Waals surface area contributed by atoms with E-state index in [9.17, 15) is 35.7 Å². The zero-order valence-corrected chi connectivity index (χ0v) is 28.1. The summed E-state index contributed by atoms with van der Waals surface area (Å²) in [7, 11) is 11.8. The topological polar surface area (TPSA) is 155 Å². The number of rotatable bonds is 5. The molecule has 0 bridgehead atoms. The first-order chi connectivity index (χ1) is 25.5. The maximum Gasteiger partial charge on any atom is 0.169 e. The Labute approximate surface area is 304 Å². The van der Waals surface area contributed by atoms with E-state index < -0.39 is 56.9 Å². The zero-order valence-electron chi connectivity index (χ0n) is 28.1. The van der Waals surface area contributed by atoms with Crippen LogP contribution in [-0.4, -0.2) is 51.4 Å². The molecule has 0 saturated carbocycles. The number of phenols is 4. The van der Waals surface area contributed by atoms with Crippen molar-refractivity contribution in [2.24, 2.45) is 0 Å². The summed E-state index contributed by atoms with van der Waals surface area (Å²) in [5, 5.41) is 83.2. The van der Waals surface area contributed by atoms with Crippen molar-refractivity contribution in [1.29, 1.82) is 0 Å². The molecule has 7 aromatic carbocycles. The van der Waals surface area contributed by atoms with Gasteiger partial charge in [-0.15, -0.1) is 5.98 Å². The summed E-state index contributed by atoms with van der Waals surface area (Å²) in [6.45, 7) is 1.11. The quantitative estimate of drug-likeness (QED) is 0.0235. The van der Waals surface area contributed by atoms with Crippen molar-refractivity contribution in [1.82, 2.24) is 0 Å². The van der Waals surface area contributed by atoms with Gasteiger partial charge in [0.05, 0.1) is 11.1 Å². The maximum atomic E-state index is 11.8. The van der Waals surface area contributed by atoms with Gasteiger partial charge in [0, 0.05) is 21.9 Å². The fraction of sp³-hybridized carbons (Fsp3) is 0.0233. The van der Waals surface area contributed by atoms with Gasteiger partial charge in [0.25, 0.3) is 0 Å². The highest BCUT2D eigenvalue weighted by Gasteiger charge is 2.30. The summed E-state index contributed by atoms with van der Waals surface area (Å²) in [4.78, 5) is 0. The minimum Gasteiger partial charge on any atom is -0.512 e. The Morgan fingerprint density at radius 3 is 1.74 bits per heavy atom. The number of hydrogen-bond donors (Lipinski definition) is 7. The van der Waals surface area contributed by atoms with Crippen LogP contribution in [0.15, 0.2) is 131 Å². The summed E-state index contributed by atoms with van der Waals surface area (Å²) in [5.74, 6) is -5.64. The molecule has 1 heterocycles. The van der Waals surface area contributed by atoms with E-state index >= 15 is 0 Å². The van der Waals surface area contributed by atoms with E-state index in [4.69, 9.17) is 20.1 Å². The normalized spacial score (nSPS) is 13.3. The Hall–Kier alpha value is -6.93. The molecule has 8 rings (SSSR count). The van der Waals surface area contributed by atoms with Crippen LogP contribution in [0.4, 0.5) is 0 Å². The molecule has 10 heteroatoms. The average molecular weight is 694 g/mol. The number of benzene rings is 7. The standard InChI is InChI=1S/C43H28B2O8/c1-20(46)32(36-40(49)42(51)37(45)43(52)41(36)50)39(48)38(47)29(19-44)34-26-12-6-4-10-24(26)33(25-11-5-7-13-27(25)34)22-14-16-28-31(18-22)53-30-17-15-21-8-2-3-9-23(21)35(28)30/h2-19,46-52H,1H3/b29-19+,32-20+,39-38-. The third kappa shape index (κ3) is 4.94. The molecule has 0 spiro atoms. The van der Waals surface area contributed by atoms with Gasteiger partial charge in [-0.1, -0.05) is 84.9 Å². The van der Waals surface area contributed by atoms with E-state index in [1.807, 2.05) is 84.9 Å². The molecular weight excluding hydrogens is 666 g/mol. The Bertz CT molecular complexity index is 2860. The number of fused-ring (bicyclic) bond motifs is 7. The fourth-order valence-corrected chi connectivity index (χ4v) is 7.38. The molecule has 8 nitrogen and oxygen atoms in total. The lowest BCUT2D eigenvalue weighted by Gasteiger charge is -2.21. The predicted octanol–water partition coefficient (Wildman–Crippen LogP) is 9.15. The van der Waals surface area contributed by atoms with Crippen molar-refractivity contribution in [3.05, 3.63) is 138 Å².